The van der Waals surface area contributed by atoms with Gasteiger partial charge in [-0.1, -0.05) is 11.3 Å². The standard InChI is InChI=1S/C11H10F3N3O3S/c1-5-7(8(18)19-2)3-6(20-5)4-15-10-17-16-9(21-10)11(12,13)14/h3H,4H2,1-2H3,(H,15,17). The van der Waals surface area contributed by atoms with Gasteiger partial charge < -0.3 is 14.5 Å². The average Bonchev–Trinajstić information content (AvgIpc) is 3.01. The van der Waals surface area contributed by atoms with Crippen LogP contribution in [0.1, 0.15) is 26.9 Å². The Hall–Kier alpha value is -2.10. The van der Waals surface area contributed by atoms with Crippen LogP contribution in [0.5, 0.6) is 0 Å². The van der Waals surface area contributed by atoms with E-state index in [0.717, 1.165) is 0 Å². The van der Waals surface area contributed by atoms with Gasteiger partial charge in [-0.2, -0.15) is 13.2 Å². The monoisotopic (exact) mass is 321 g/mol. The van der Waals surface area contributed by atoms with Crippen molar-refractivity contribution in [2.24, 2.45) is 0 Å². The molecule has 2 aromatic heterocycles. The van der Waals surface area contributed by atoms with E-state index in [-0.39, 0.29) is 17.2 Å². The van der Waals surface area contributed by atoms with Gasteiger partial charge in [0.05, 0.1) is 13.7 Å². The molecule has 2 heterocycles. The number of aryl methyl sites for hydroxylation is 1. The largest absolute Gasteiger partial charge is 0.465 e. The Kier molecular flexibility index (Phi) is 4.16. The van der Waals surface area contributed by atoms with E-state index in [9.17, 15) is 18.0 Å². The summed E-state index contributed by atoms with van der Waals surface area (Å²) >= 11 is 0.389. The second-order valence-electron chi connectivity index (χ2n) is 3.94. The fourth-order valence-corrected chi connectivity index (χ4v) is 2.12. The van der Waals surface area contributed by atoms with Gasteiger partial charge in [0.1, 0.15) is 17.1 Å². The smallest absolute Gasteiger partial charge is 0.445 e. The van der Waals surface area contributed by atoms with Gasteiger partial charge in [0.25, 0.3) is 0 Å². The highest BCUT2D eigenvalue weighted by molar-refractivity contribution is 7.15. The number of furan rings is 1. The number of methoxy groups -OCH3 is 1. The van der Waals surface area contributed by atoms with Crippen LogP contribution in [-0.4, -0.2) is 23.3 Å². The minimum Gasteiger partial charge on any atom is -0.465 e. The van der Waals surface area contributed by atoms with Crippen molar-refractivity contribution in [3.8, 4) is 0 Å². The molecule has 1 N–H and O–H groups in total. The topological polar surface area (TPSA) is 77.2 Å². The van der Waals surface area contributed by atoms with Crippen molar-refractivity contribution < 1.29 is 27.1 Å². The van der Waals surface area contributed by atoms with Gasteiger partial charge in [0.15, 0.2) is 0 Å². The van der Waals surface area contributed by atoms with Crippen LogP contribution in [0.3, 0.4) is 0 Å². The van der Waals surface area contributed by atoms with Crippen LogP contribution in [0, 0.1) is 6.92 Å². The van der Waals surface area contributed by atoms with Crippen molar-refractivity contribution in [3.05, 3.63) is 28.2 Å². The Balaban J connectivity index is 2.03. The molecule has 0 aromatic carbocycles. The maximum Gasteiger partial charge on any atom is 0.445 e. The molecule has 0 aliphatic heterocycles. The first-order valence-corrected chi connectivity index (χ1v) is 6.45. The highest BCUT2D eigenvalue weighted by Crippen LogP contribution is 2.33. The van der Waals surface area contributed by atoms with Crippen LogP contribution in [0.25, 0.3) is 0 Å². The second-order valence-corrected chi connectivity index (χ2v) is 4.92. The molecule has 21 heavy (non-hydrogen) atoms. The normalized spacial score (nSPS) is 11.5. The zero-order chi connectivity index (χ0) is 15.6. The number of nitrogens with zero attached hydrogens (tertiary/aromatic N) is 2. The minimum atomic E-state index is -4.52. The first-order valence-electron chi connectivity index (χ1n) is 5.63. The summed E-state index contributed by atoms with van der Waals surface area (Å²) in [4.78, 5) is 11.4. The van der Waals surface area contributed by atoms with Crippen molar-refractivity contribution >= 4 is 22.4 Å². The number of hydrogen-bond donors (Lipinski definition) is 1. The molecule has 0 bridgehead atoms. The lowest BCUT2D eigenvalue weighted by Gasteiger charge is -1.99. The van der Waals surface area contributed by atoms with E-state index in [2.05, 4.69) is 20.3 Å². The van der Waals surface area contributed by atoms with Crippen LogP contribution in [0.15, 0.2) is 10.5 Å². The fourth-order valence-electron chi connectivity index (χ4n) is 1.52. The third-order valence-electron chi connectivity index (χ3n) is 2.46. The summed E-state index contributed by atoms with van der Waals surface area (Å²) in [6, 6.07) is 1.46. The summed E-state index contributed by atoms with van der Waals surface area (Å²) < 4.78 is 46.9. The fraction of sp³-hybridized carbons (Fsp3) is 0.364. The molecule has 0 radical (unpaired) electrons. The maximum absolute atomic E-state index is 12.4. The zero-order valence-electron chi connectivity index (χ0n) is 10.9. The lowest BCUT2D eigenvalue weighted by molar-refractivity contribution is -0.138. The van der Waals surface area contributed by atoms with E-state index in [1.54, 1.807) is 6.92 Å². The number of alkyl halides is 3. The Morgan fingerprint density at radius 1 is 1.48 bits per heavy atom. The van der Waals surface area contributed by atoms with Crippen LogP contribution >= 0.6 is 11.3 Å². The summed E-state index contributed by atoms with van der Waals surface area (Å²) in [7, 11) is 1.24. The van der Waals surface area contributed by atoms with E-state index >= 15 is 0 Å². The lowest BCUT2D eigenvalue weighted by atomic mass is 10.2. The summed E-state index contributed by atoms with van der Waals surface area (Å²) in [5, 5.41) is 8.05. The molecule has 6 nitrogen and oxygen atoms in total. The number of anilines is 1. The molecule has 2 aromatic rings. The molecule has 114 valence electrons. The zero-order valence-corrected chi connectivity index (χ0v) is 11.8. The molecule has 0 saturated carbocycles. The Labute approximate surface area is 120 Å². The SMILES string of the molecule is COC(=O)c1cc(CNc2nnc(C(F)(F)F)s2)oc1C. The van der Waals surface area contributed by atoms with E-state index in [0.29, 0.717) is 22.9 Å². The number of carbonyl (C=O) groups excluding carboxylic acids is 1. The molecule has 0 atom stereocenters. The third kappa shape index (κ3) is 3.51. The number of nitrogens with one attached hydrogen (secondary N) is 1. The van der Waals surface area contributed by atoms with Gasteiger partial charge in [-0.3, -0.25) is 0 Å². The van der Waals surface area contributed by atoms with Gasteiger partial charge in [-0.15, -0.1) is 10.2 Å². The van der Waals surface area contributed by atoms with Gasteiger partial charge in [-0.05, 0) is 13.0 Å². The first kappa shape index (κ1) is 15.3. The van der Waals surface area contributed by atoms with Gasteiger partial charge in [-0.25, -0.2) is 4.79 Å². The second kappa shape index (κ2) is 5.72. The van der Waals surface area contributed by atoms with E-state index in [1.807, 2.05) is 0 Å². The molecule has 2 rings (SSSR count). The van der Waals surface area contributed by atoms with Crippen LogP contribution in [0.4, 0.5) is 18.3 Å². The molecule has 0 amide bonds. The predicted octanol–water partition coefficient (Wildman–Crippen LogP) is 2.86. The number of halogens is 3. The Bertz CT molecular complexity index is 651. The number of hydrogen-bond acceptors (Lipinski definition) is 7. The number of esters is 1. The summed E-state index contributed by atoms with van der Waals surface area (Å²) in [6.45, 7) is 1.66. The van der Waals surface area contributed by atoms with Crippen LogP contribution in [-0.2, 0) is 17.5 Å². The highest BCUT2D eigenvalue weighted by Gasteiger charge is 2.35. The number of rotatable bonds is 4. The van der Waals surface area contributed by atoms with Crippen LogP contribution in [0.2, 0.25) is 0 Å². The summed E-state index contributed by atoms with van der Waals surface area (Å²) in [5.41, 5.74) is 0.266. The van der Waals surface area contributed by atoms with Crippen molar-refractivity contribution in [1.82, 2.24) is 10.2 Å². The predicted molar refractivity (Wildman–Crippen MR) is 67.0 cm³/mol. The molecular formula is C11H10F3N3O3S. The van der Waals surface area contributed by atoms with Crippen molar-refractivity contribution in [3.63, 3.8) is 0 Å². The number of ether oxygens (including phenoxy) is 1. The number of aromatic nitrogens is 2. The molecule has 0 aliphatic carbocycles. The van der Waals surface area contributed by atoms with E-state index in [1.165, 1.54) is 13.2 Å². The quantitative estimate of drug-likeness (QED) is 0.873. The van der Waals surface area contributed by atoms with E-state index in [4.69, 9.17) is 4.42 Å². The van der Waals surface area contributed by atoms with Gasteiger partial charge >= 0.3 is 12.1 Å². The van der Waals surface area contributed by atoms with Crippen LogP contribution < -0.4 is 5.32 Å². The molecule has 0 unspecified atom stereocenters. The maximum atomic E-state index is 12.4. The number of carbonyl (C=O) groups is 1. The summed E-state index contributed by atoms with van der Waals surface area (Å²) in [6.07, 6.45) is -4.52. The minimum absolute atomic E-state index is 0.0102. The van der Waals surface area contributed by atoms with Crippen molar-refractivity contribution in [2.75, 3.05) is 12.4 Å². The third-order valence-corrected chi connectivity index (χ3v) is 3.38. The highest BCUT2D eigenvalue weighted by atomic mass is 32.1. The van der Waals surface area contributed by atoms with E-state index < -0.39 is 17.2 Å². The Morgan fingerprint density at radius 3 is 2.76 bits per heavy atom. The molecule has 0 saturated heterocycles. The van der Waals surface area contributed by atoms with Crippen molar-refractivity contribution in [2.45, 2.75) is 19.6 Å². The average molecular weight is 321 g/mol. The molecule has 0 aliphatic rings. The molecular weight excluding hydrogens is 311 g/mol. The first-order chi connectivity index (χ1) is 9.81. The van der Waals surface area contributed by atoms with Gasteiger partial charge in [0, 0.05) is 0 Å². The van der Waals surface area contributed by atoms with Crippen molar-refractivity contribution in [1.29, 1.82) is 0 Å². The molecule has 10 heteroatoms. The Morgan fingerprint density at radius 2 is 2.19 bits per heavy atom. The summed E-state index contributed by atoms with van der Waals surface area (Å²) in [5.74, 6) is 0.196. The molecule has 0 spiro atoms. The lowest BCUT2D eigenvalue weighted by Crippen LogP contribution is -2.03. The van der Waals surface area contributed by atoms with Gasteiger partial charge in [0.2, 0.25) is 10.1 Å². The molecule has 0 fully saturated rings.